The molecular formula is C18H23N5O3. The second-order valence-corrected chi connectivity index (χ2v) is 6.80. The first-order chi connectivity index (χ1) is 12.7. The van der Waals surface area contributed by atoms with Crippen molar-refractivity contribution in [1.29, 1.82) is 0 Å². The molecule has 1 fully saturated rings. The number of furan rings is 1. The first-order valence-corrected chi connectivity index (χ1v) is 9.10. The quantitative estimate of drug-likeness (QED) is 0.905. The standard InChI is InChI=1S/C18H23N5O3/c24-17(16-4-3-11-26-16)22-12-14(23-15(13-22)6-8-20-23)5-7-19-18(25)21-9-1-2-10-21/h3-4,6,8,11,14H,1-2,5,7,9-10,12-13H2,(H,19,25)/t14-/m0/s1. The van der Waals surface area contributed by atoms with Crippen LogP contribution in [-0.4, -0.2) is 57.7 Å². The molecule has 26 heavy (non-hydrogen) atoms. The molecular weight excluding hydrogens is 334 g/mol. The molecule has 0 radical (unpaired) electrons. The summed E-state index contributed by atoms with van der Waals surface area (Å²) >= 11 is 0. The maximum absolute atomic E-state index is 12.6. The number of carbonyl (C=O) groups is 2. The monoisotopic (exact) mass is 357 g/mol. The fraction of sp³-hybridized carbons (Fsp3) is 0.500. The molecule has 3 amide bonds. The van der Waals surface area contributed by atoms with E-state index in [1.54, 1.807) is 23.2 Å². The second-order valence-electron chi connectivity index (χ2n) is 6.80. The van der Waals surface area contributed by atoms with Crippen molar-refractivity contribution in [2.45, 2.75) is 31.8 Å². The lowest BCUT2D eigenvalue weighted by Crippen LogP contribution is -2.43. The number of nitrogens with one attached hydrogen (secondary N) is 1. The molecule has 0 unspecified atom stereocenters. The zero-order valence-corrected chi connectivity index (χ0v) is 14.6. The van der Waals surface area contributed by atoms with Crippen LogP contribution in [0.2, 0.25) is 0 Å². The lowest BCUT2D eigenvalue weighted by molar-refractivity contribution is 0.0632. The minimum absolute atomic E-state index is 0.00233. The molecule has 2 aliphatic heterocycles. The number of amides is 3. The lowest BCUT2D eigenvalue weighted by atomic mass is 10.1. The molecule has 4 heterocycles. The molecule has 4 rings (SSSR count). The van der Waals surface area contributed by atoms with Crippen LogP contribution in [0.3, 0.4) is 0 Å². The Hall–Kier alpha value is -2.77. The number of urea groups is 1. The van der Waals surface area contributed by atoms with Crippen LogP contribution in [-0.2, 0) is 6.54 Å². The molecule has 8 nitrogen and oxygen atoms in total. The van der Waals surface area contributed by atoms with E-state index >= 15 is 0 Å². The van der Waals surface area contributed by atoms with Crippen molar-refractivity contribution in [3.05, 3.63) is 42.1 Å². The summed E-state index contributed by atoms with van der Waals surface area (Å²) in [5.41, 5.74) is 0.993. The molecule has 2 aromatic heterocycles. The first-order valence-electron chi connectivity index (χ1n) is 9.10. The van der Waals surface area contributed by atoms with Crippen molar-refractivity contribution in [2.75, 3.05) is 26.2 Å². The number of hydrogen-bond donors (Lipinski definition) is 1. The molecule has 2 aromatic rings. The van der Waals surface area contributed by atoms with Gasteiger partial charge in [0, 0.05) is 32.4 Å². The van der Waals surface area contributed by atoms with Gasteiger partial charge in [-0.15, -0.1) is 0 Å². The molecule has 2 aliphatic rings. The SMILES string of the molecule is O=C(NCC[C@H]1CN(C(=O)c2ccco2)Cc2ccnn21)N1CCCC1. The normalized spacial score (nSPS) is 19.5. The van der Waals surface area contributed by atoms with Crippen molar-refractivity contribution >= 4 is 11.9 Å². The Balaban J connectivity index is 1.38. The average Bonchev–Trinajstić information content (AvgIpc) is 3.42. The van der Waals surface area contributed by atoms with Gasteiger partial charge in [0.15, 0.2) is 5.76 Å². The van der Waals surface area contributed by atoms with Crippen LogP contribution in [0.25, 0.3) is 0 Å². The zero-order valence-electron chi connectivity index (χ0n) is 14.6. The molecule has 0 saturated carbocycles. The minimum atomic E-state index is -0.117. The van der Waals surface area contributed by atoms with Crippen molar-refractivity contribution in [3.8, 4) is 0 Å². The van der Waals surface area contributed by atoms with Gasteiger partial charge in [0.25, 0.3) is 5.91 Å². The second kappa shape index (κ2) is 7.23. The summed E-state index contributed by atoms with van der Waals surface area (Å²) in [6.45, 7) is 3.29. The fourth-order valence-electron chi connectivity index (χ4n) is 3.69. The highest BCUT2D eigenvalue weighted by molar-refractivity contribution is 5.91. The van der Waals surface area contributed by atoms with Crippen molar-refractivity contribution < 1.29 is 14.0 Å². The van der Waals surface area contributed by atoms with E-state index in [1.165, 1.54) is 6.26 Å². The van der Waals surface area contributed by atoms with Crippen LogP contribution >= 0.6 is 0 Å². The summed E-state index contributed by atoms with van der Waals surface area (Å²) in [7, 11) is 0. The van der Waals surface area contributed by atoms with E-state index in [4.69, 9.17) is 4.42 Å². The Bertz CT molecular complexity index is 764. The number of hydrogen-bond acceptors (Lipinski definition) is 4. The molecule has 1 atom stereocenters. The van der Waals surface area contributed by atoms with Crippen molar-refractivity contribution in [2.24, 2.45) is 0 Å². The van der Waals surface area contributed by atoms with Gasteiger partial charge in [0.2, 0.25) is 0 Å². The van der Waals surface area contributed by atoms with Gasteiger partial charge in [-0.05, 0) is 37.5 Å². The Morgan fingerprint density at radius 3 is 2.85 bits per heavy atom. The van der Waals surface area contributed by atoms with Crippen molar-refractivity contribution in [1.82, 2.24) is 24.9 Å². The molecule has 1 N–H and O–H groups in total. The smallest absolute Gasteiger partial charge is 0.317 e. The van der Waals surface area contributed by atoms with Gasteiger partial charge in [-0.3, -0.25) is 9.48 Å². The summed E-state index contributed by atoms with van der Waals surface area (Å²) < 4.78 is 7.21. The predicted octanol–water partition coefficient (Wildman–Crippen LogP) is 1.87. The number of likely N-dealkylation sites (tertiary alicyclic amines) is 1. The molecule has 8 heteroatoms. The molecule has 0 aromatic carbocycles. The van der Waals surface area contributed by atoms with Gasteiger partial charge in [0.05, 0.1) is 24.5 Å². The van der Waals surface area contributed by atoms with E-state index in [1.807, 2.05) is 15.6 Å². The highest BCUT2D eigenvalue weighted by Crippen LogP contribution is 2.24. The maximum atomic E-state index is 12.6. The number of rotatable bonds is 4. The number of fused-ring (bicyclic) bond motifs is 1. The van der Waals surface area contributed by atoms with Gasteiger partial charge >= 0.3 is 6.03 Å². The minimum Gasteiger partial charge on any atom is -0.459 e. The van der Waals surface area contributed by atoms with Gasteiger partial charge in [-0.25, -0.2) is 4.79 Å². The van der Waals surface area contributed by atoms with E-state index in [2.05, 4.69) is 10.4 Å². The van der Waals surface area contributed by atoms with Gasteiger partial charge in [0.1, 0.15) is 0 Å². The van der Waals surface area contributed by atoms with Crippen LogP contribution < -0.4 is 5.32 Å². The van der Waals surface area contributed by atoms with Crippen molar-refractivity contribution in [3.63, 3.8) is 0 Å². The molecule has 0 aliphatic carbocycles. The third-order valence-electron chi connectivity index (χ3n) is 5.05. The summed E-state index contributed by atoms with van der Waals surface area (Å²) in [5.74, 6) is 0.229. The van der Waals surface area contributed by atoms with Gasteiger partial charge in [-0.1, -0.05) is 0 Å². The lowest BCUT2D eigenvalue weighted by Gasteiger charge is -2.33. The molecule has 0 bridgehead atoms. The molecule has 0 spiro atoms. The van der Waals surface area contributed by atoms with Crippen LogP contribution in [0.4, 0.5) is 4.79 Å². The largest absolute Gasteiger partial charge is 0.459 e. The Labute approximate surface area is 151 Å². The summed E-state index contributed by atoms with van der Waals surface area (Å²) in [6, 6.07) is 5.36. The molecule has 1 saturated heterocycles. The topological polar surface area (TPSA) is 83.6 Å². The van der Waals surface area contributed by atoms with E-state index in [0.29, 0.717) is 25.4 Å². The Morgan fingerprint density at radius 2 is 2.08 bits per heavy atom. The van der Waals surface area contributed by atoms with Gasteiger partial charge < -0.3 is 19.5 Å². The van der Waals surface area contributed by atoms with Gasteiger partial charge in [-0.2, -0.15) is 5.10 Å². The summed E-state index contributed by atoms with van der Waals surface area (Å²) in [4.78, 5) is 28.4. The summed E-state index contributed by atoms with van der Waals surface area (Å²) in [5, 5.41) is 7.39. The number of carbonyl (C=O) groups excluding carboxylic acids is 2. The highest BCUT2D eigenvalue weighted by atomic mass is 16.3. The third-order valence-corrected chi connectivity index (χ3v) is 5.05. The zero-order chi connectivity index (χ0) is 17.9. The van der Waals surface area contributed by atoms with E-state index < -0.39 is 0 Å². The Kier molecular flexibility index (Phi) is 4.64. The first kappa shape index (κ1) is 16.7. The third kappa shape index (κ3) is 3.31. The van der Waals surface area contributed by atoms with E-state index in [-0.39, 0.29) is 18.0 Å². The van der Waals surface area contributed by atoms with Crippen LogP contribution in [0.5, 0.6) is 0 Å². The predicted molar refractivity (Wildman–Crippen MR) is 93.5 cm³/mol. The van der Waals surface area contributed by atoms with Crippen LogP contribution in [0, 0.1) is 0 Å². The highest BCUT2D eigenvalue weighted by Gasteiger charge is 2.30. The van der Waals surface area contributed by atoms with E-state index in [0.717, 1.165) is 38.0 Å². The Morgan fingerprint density at radius 1 is 1.23 bits per heavy atom. The fourth-order valence-corrected chi connectivity index (χ4v) is 3.69. The summed E-state index contributed by atoms with van der Waals surface area (Å²) in [6.07, 6.45) is 6.14. The van der Waals surface area contributed by atoms with Crippen LogP contribution in [0.1, 0.15) is 41.6 Å². The van der Waals surface area contributed by atoms with Crippen LogP contribution in [0.15, 0.2) is 35.1 Å². The average molecular weight is 357 g/mol. The van der Waals surface area contributed by atoms with E-state index in [9.17, 15) is 9.59 Å². The maximum Gasteiger partial charge on any atom is 0.317 e. The number of nitrogens with zero attached hydrogens (tertiary/aromatic N) is 4. The molecule has 138 valence electrons. The number of aromatic nitrogens is 2.